The summed E-state index contributed by atoms with van der Waals surface area (Å²) in [4.78, 5) is 50.3. The minimum Gasteiger partial charge on any atom is -0.508 e. The number of anilines is 1. The number of amides is 2. The zero-order valence-corrected chi connectivity index (χ0v) is 20.9. The third-order valence-corrected chi connectivity index (χ3v) is 5.49. The topological polar surface area (TPSA) is 155 Å². The van der Waals surface area contributed by atoms with Gasteiger partial charge in [-0.15, -0.1) is 0 Å². The first-order chi connectivity index (χ1) is 17.8. The molecule has 2 aromatic heterocycles. The fourth-order valence-electron chi connectivity index (χ4n) is 3.68. The van der Waals surface area contributed by atoms with Gasteiger partial charge in [0.2, 0.25) is 5.95 Å². The Kier molecular flexibility index (Phi) is 9.48. The highest BCUT2D eigenvalue weighted by Gasteiger charge is 2.25. The van der Waals surface area contributed by atoms with E-state index in [1.165, 1.54) is 19.4 Å². The normalized spacial score (nSPS) is 11.3. The minimum absolute atomic E-state index is 0.183. The highest BCUT2D eigenvalue weighted by molar-refractivity contribution is 5.99. The van der Waals surface area contributed by atoms with Crippen LogP contribution in [-0.4, -0.2) is 64.1 Å². The Morgan fingerprint density at radius 1 is 1.03 bits per heavy atom. The van der Waals surface area contributed by atoms with Crippen LogP contribution in [0.25, 0.3) is 0 Å². The molecule has 2 heterocycles. The molecule has 0 saturated carbocycles. The number of rotatable bonds is 11. The molecule has 11 nitrogen and oxygen atoms in total. The summed E-state index contributed by atoms with van der Waals surface area (Å²) in [5.74, 6) is -1.14. The third-order valence-electron chi connectivity index (χ3n) is 5.49. The van der Waals surface area contributed by atoms with Crippen LogP contribution in [0.3, 0.4) is 0 Å². The Hall–Kier alpha value is -4.54. The van der Waals surface area contributed by atoms with E-state index in [1.54, 1.807) is 44.2 Å². The summed E-state index contributed by atoms with van der Waals surface area (Å²) >= 11 is 0. The Morgan fingerprint density at radius 3 is 2.43 bits per heavy atom. The molecule has 1 atom stereocenters. The zero-order chi connectivity index (χ0) is 26.8. The smallest absolute Gasteiger partial charge is 0.330 e. The summed E-state index contributed by atoms with van der Waals surface area (Å²) in [6, 6.07) is 10.9. The van der Waals surface area contributed by atoms with Gasteiger partial charge in [-0.25, -0.2) is 14.8 Å². The van der Waals surface area contributed by atoms with Gasteiger partial charge in [0, 0.05) is 19.3 Å². The molecule has 0 radical (unpaired) electrons. The number of esters is 1. The number of aryl methyl sites for hydroxylation is 3. The first-order valence-electron chi connectivity index (χ1n) is 11.7. The number of ether oxygens (including phenoxy) is 1. The van der Waals surface area contributed by atoms with Gasteiger partial charge in [-0.1, -0.05) is 18.2 Å². The number of aromatic hydroxyl groups is 1. The van der Waals surface area contributed by atoms with E-state index in [1.807, 2.05) is 6.07 Å². The maximum absolute atomic E-state index is 13.0. The molecule has 3 rings (SSSR count). The number of hydrogen-bond acceptors (Lipinski definition) is 9. The number of nitrogens with zero attached hydrogens (tertiary/aromatic N) is 3. The number of aromatic nitrogens is 3. The van der Waals surface area contributed by atoms with Gasteiger partial charge >= 0.3 is 5.97 Å². The predicted molar refractivity (Wildman–Crippen MR) is 136 cm³/mol. The molecule has 1 aromatic carbocycles. The van der Waals surface area contributed by atoms with Crippen LogP contribution < -0.4 is 16.0 Å². The van der Waals surface area contributed by atoms with Gasteiger partial charge in [-0.3, -0.25) is 14.6 Å². The highest BCUT2D eigenvalue weighted by atomic mass is 16.5. The number of phenolic OH excluding ortho intramolecular Hbond substituents is 1. The van der Waals surface area contributed by atoms with Crippen molar-refractivity contribution < 1.29 is 24.2 Å². The molecule has 0 spiro atoms. The van der Waals surface area contributed by atoms with Gasteiger partial charge < -0.3 is 25.8 Å². The second kappa shape index (κ2) is 13.0. The zero-order valence-electron chi connectivity index (χ0n) is 20.9. The summed E-state index contributed by atoms with van der Waals surface area (Å²) in [6.07, 6.45) is 3.04. The molecule has 2 amide bonds. The Balaban J connectivity index is 1.60. The van der Waals surface area contributed by atoms with Crippen LogP contribution in [0.1, 0.15) is 44.2 Å². The van der Waals surface area contributed by atoms with Crippen molar-refractivity contribution in [3.05, 3.63) is 76.9 Å². The molecule has 0 aliphatic carbocycles. The van der Waals surface area contributed by atoms with Crippen molar-refractivity contribution in [3.63, 3.8) is 0 Å². The quantitative estimate of drug-likeness (QED) is 0.225. The molecule has 37 heavy (non-hydrogen) atoms. The average molecular weight is 507 g/mol. The molecule has 0 unspecified atom stereocenters. The predicted octanol–water partition coefficient (Wildman–Crippen LogP) is 1.94. The van der Waals surface area contributed by atoms with Crippen LogP contribution in [0.2, 0.25) is 0 Å². The number of methoxy groups -OCH3 is 1. The van der Waals surface area contributed by atoms with Crippen molar-refractivity contribution >= 4 is 23.7 Å². The SMILES string of the molecule is COC(=O)[C@H](CNC(=O)c1ccccn1)NC(=O)c1c(C)nc(NCCCc2cccc(O)c2)nc1C. The van der Waals surface area contributed by atoms with E-state index in [0.29, 0.717) is 23.9 Å². The van der Waals surface area contributed by atoms with Crippen molar-refractivity contribution in [2.45, 2.75) is 32.7 Å². The molecule has 0 bridgehead atoms. The van der Waals surface area contributed by atoms with E-state index in [9.17, 15) is 19.5 Å². The van der Waals surface area contributed by atoms with Crippen LogP contribution >= 0.6 is 0 Å². The lowest BCUT2D eigenvalue weighted by Crippen LogP contribution is -2.49. The van der Waals surface area contributed by atoms with Gasteiger partial charge in [-0.05, 0) is 56.5 Å². The maximum Gasteiger partial charge on any atom is 0.330 e. The molecule has 194 valence electrons. The number of phenols is 1. The largest absolute Gasteiger partial charge is 0.508 e. The molecular weight excluding hydrogens is 476 g/mol. The minimum atomic E-state index is -1.13. The standard InChI is InChI=1S/C26H30N6O5/c1-16-22(17(2)31-26(30-16)28-13-7-9-18-8-6-10-19(33)14-18)24(35)32-21(25(36)37-3)15-29-23(34)20-11-4-5-12-27-20/h4-6,8,10-12,14,21,33H,7,9,13,15H2,1-3H3,(H,29,34)(H,32,35)(H,28,30,31)/t21-/m0/s1. The van der Waals surface area contributed by atoms with E-state index >= 15 is 0 Å². The van der Waals surface area contributed by atoms with E-state index in [4.69, 9.17) is 4.74 Å². The lowest BCUT2D eigenvalue weighted by molar-refractivity contribution is -0.142. The van der Waals surface area contributed by atoms with Gasteiger partial charge in [0.15, 0.2) is 0 Å². The van der Waals surface area contributed by atoms with Crippen LogP contribution in [0.5, 0.6) is 5.75 Å². The number of carbonyl (C=O) groups excluding carboxylic acids is 3. The fourth-order valence-corrected chi connectivity index (χ4v) is 3.68. The molecular formula is C26H30N6O5. The van der Waals surface area contributed by atoms with Crippen LogP contribution in [0.4, 0.5) is 5.95 Å². The van der Waals surface area contributed by atoms with Crippen LogP contribution in [0, 0.1) is 13.8 Å². The van der Waals surface area contributed by atoms with E-state index in [0.717, 1.165) is 18.4 Å². The number of carbonyl (C=O) groups is 3. The summed E-state index contributed by atoms with van der Waals surface area (Å²) in [5, 5.41) is 17.9. The van der Waals surface area contributed by atoms with Crippen molar-refractivity contribution in [1.29, 1.82) is 0 Å². The molecule has 11 heteroatoms. The summed E-state index contributed by atoms with van der Waals surface area (Å²) < 4.78 is 4.78. The second-order valence-corrected chi connectivity index (χ2v) is 8.27. The Labute approximate surface area is 214 Å². The van der Waals surface area contributed by atoms with Crippen LogP contribution in [-0.2, 0) is 16.0 Å². The van der Waals surface area contributed by atoms with Gasteiger partial charge in [0.05, 0.1) is 24.1 Å². The molecule has 0 aliphatic heterocycles. The van der Waals surface area contributed by atoms with Crippen molar-refractivity contribution in [2.75, 3.05) is 25.5 Å². The number of benzene rings is 1. The van der Waals surface area contributed by atoms with Gasteiger partial charge in [0.25, 0.3) is 11.8 Å². The number of nitrogens with one attached hydrogen (secondary N) is 3. The van der Waals surface area contributed by atoms with Crippen LogP contribution in [0.15, 0.2) is 48.7 Å². The molecule has 0 aliphatic rings. The van der Waals surface area contributed by atoms with Crippen molar-refractivity contribution in [3.8, 4) is 5.75 Å². The van der Waals surface area contributed by atoms with E-state index in [-0.39, 0.29) is 23.6 Å². The first-order valence-corrected chi connectivity index (χ1v) is 11.7. The van der Waals surface area contributed by atoms with E-state index < -0.39 is 23.8 Å². The molecule has 0 saturated heterocycles. The fraction of sp³-hybridized carbons (Fsp3) is 0.308. The highest BCUT2D eigenvalue weighted by Crippen LogP contribution is 2.15. The summed E-state index contributed by atoms with van der Waals surface area (Å²) in [5.41, 5.74) is 2.31. The third kappa shape index (κ3) is 7.72. The van der Waals surface area contributed by atoms with Crippen molar-refractivity contribution in [1.82, 2.24) is 25.6 Å². The lowest BCUT2D eigenvalue weighted by atomic mass is 10.1. The number of hydrogen-bond donors (Lipinski definition) is 4. The monoisotopic (exact) mass is 506 g/mol. The number of pyridine rings is 1. The van der Waals surface area contributed by atoms with E-state index in [2.05, 4.69) is 30.9 Å². The summed E-state index contributed by atoms with van der Waals surface area (Å²) in [7, 11) is 1.20. The Bertz CT molecular complexity index is 1230. The molecule has 3 aromatic rings. The first kappa shape index (κ1) is 27.1. The lowest BCUT2D eigenvalue weighted by Gasteiger charge is -2.18. The summed E-state index contributed by atoms with van der Waals surface area (Å²) in [6.45, 7) is 3.76. The second-order valence-electron chi connectivity index (χ2n) is 8.27. The average Bonchev–Trinajstić information content (AvgIpc) is 2.88. The van der Waals surface area contributed by atoms with Gasteiger partial charge in [0.1, 0.15) is 17.5 Å². The van der Waals surface area contributed by atoms with Crippen molar-refractivity contribution in [2.24, 2.45) is 0 Å². The maximum atomic E-state index is 13.0. The molecule has 4 N–H and O–H groups in total. The molecule has 0 fully saturated rings. The van der Waals surface area contributed by atoms with Gasteiger partial charge in [-0.2, -0.15) is 0 Å². The Morgan fingerprint density at radius 2 is 1.78 bits per heavy atom.